The first-order valence-electron chi connectivity index (χ1n) is 43.6. The lowest BCUT2D eigenvalue weighted by Gasteiger charge is -2.28. The van der Waals surface area contributed by atoms with Gasteiger partial charge in [-0.2, -0.15) is 0 Å². The van der Waals surface area contributed by atoms with Gasteiger partial charge in [-0.25, -0.2) is 19.6 Å². The molecular weight excluding hydrogens is 1800 g/mol. The fraction of sp³-hybridized carbons (Fsp3) is 0.242. The van der Waals surface area contributed by atoms with Crippen LogP contribution in [0.2, 0.25) is 0 Å². The number of aromatic amines is 3. The Labute approximate surface area is 781 Å². The number of carbonyl (C=O) groups excluding carboxylic acids is 12. The minimum absolute atomic E-state index is 0.00217. The lowest BCUT2D eigenvalue weighted by Crippen LogP contribution is -2.52. The Kier molecular flexibility index (Phi) is 21.3. The number of nitrogens with one attached hydrogen (secondary N) is 11. The van der Waals surface area contributed by atoms with Crippen molar-refractivity contribution in [3.05, 3.63) is 258 Å². The summed E-state index contributed by atoms with van der Waals surface area (Å²) in [6, 6.07) is 36.2. The molecule has 139 heavy (non-hydrogen) atoms. The molecule has 0 saturated carbocycles. The summed E-state index contributed by atoms with van der Waals surface area (Å²) in [5.74, 6) is 0.457. The molecule has 10 aliphatic rings. The number of nitrogens with zero attached hydrogens (tertiary/aromatic N) is 11. The Hall–Kier alpha value is -18.2. The topological polar surface area (TPSA) is 566 Å². The molecule has 0 bridgehead atoms. The molecule has 11 N–H and O–H groups in total. The van der Waals surface area contributed by atoms with Crippen LogP contribution in [0.3, 0.4) is 0 Å². The number of aryl methyl sites for hydroxylation is 1. The monoisotopic (exact) mass is 1880 g/mol. The molecule has 4 fully saturated rings. The third kappa shape index (κ3) is 15.3. The maximum atomic E-state index is 13.2. The number of pyridine rings is 4. The van der Waals surface area contributed by atoms with Crippen LogP contribution in [0, 0.1) is 0 Å². The van der Waals surface area contributed by atoms with E-state index in [-0.39, 0.29) is 110 Å². The number of ether oxygens (including phenoxy) is 4. The summed E-state index contributed by atoms with van der Waals surface area (Å²) in [7, 11) is 7.82. The third-order valence-electron chi connectivity index (χ3n) is 26.0. The second-order valence-electron chi connectivity index (χ2n) is 34.5. The number of amides is 14. The number of urea groups is 2. The molecule has 14 amide bonds. The maximum absolute atomic E-state index is 13.2. The van der Waals surface area contributed by atoms with Gasteiger partial charge in [-0.3, -0.25) is 119 Å². The zero-order valence-corrected chi connectivity index (χ0v) is 74.3. The number of aromatic nitrogens is 8. The third-order valence-corrected chi connectivity index (χ3v) is 26.0. The molecule has 0 unspecified atom stereocenters. The summed E-state index contributed by atoms with van der Waals surface area (Å²) < 4.78 is 46.6. The molecule has 4 atom stereocenters. The van der Waals surface area contributed by atoms with E-state index >= 15 is 0 Å². The van der Waals surface area contributed by atoms with E-state index in [0.29, 0.717) is 161 Å². The first-order valence-corrected chi connectivity index (χ1v) is 43.6. The van der Waals surface area contributed by atoms with Crippen LogP contribution >= 0.6 is 0 Å². The van der Waals surface area contributed by atoms with Crippen molar-refractivity contribution in [2.24, 2.45) is 17.0 Å². The smallest absolute Gasteiger partial charge is 0.322 e. The van der Waals surface area contributed by atoms with Gasteiger partial charge < -0.3 is 77.5 Å². The van der Waals surface area contributed by atoms with E-state index in [1.165, 1.54) is 42.3 Å². The summed E-state index contributed by atoms with van der Waals surface area (Å²) >= 11 is 0. The second kappa shape index (κ2) is 33.8. The standard InChI is InChI=1S/C24H20N6O6.2C24H21N5O5.C23H18N6O6/c1-29-17(8-19(31)28-29)14-5-13-6-18(36-20(13)25-9-14)24(22(33)26-23(34)27-24)11-30-10-12-3-4-15(35-2)7-16(12)21(30)32;1-33-15-3-2-13-11-29(22(31)16(13)7-15)12-24(9-20(30)28-23(24)32)19-6-14-10-27-17(8-18(14)34-19)21-25-4-5-26-21;1-33-14-3-2-13-11-29(22(31)15(13)8-14)12-24(10-19(30)28-23(24)32)18-9-16-17(34-18)4-5-25-20(16)21-26-6-7-27-21;1-34-14-3-2-11-9-29(20(31)15(11)6-14)10-23(21(32)25-22(33)26-23)17-5-12-4-13(8-24-19(12)35-17)16-7-18(30)28-27-16/h3-9H,10-11H2,1-2H3,(H,28,31)(H2,26,27,33,34);2-3,6-8,10H,4-5,9,11-12H2,1H3,(H,25,26)(H,28,30,32);2-5,8-9H,6-7,10-12H2,1H3,(H,26,27)(H,28,30,32);2-8H,9-10H2,1H3,(H2,27,28,30)(H2,25,26,32,33)/t3*24-;23-/m0110/s1. The van der Waals surface area contributed by atoms with Crippen LogP contribution in [0.15, 0.2) is 195 Å². The summed E-state index contributed by atoms with van der Waals surface area (Å²) in [4.78, 5) is 210. The van der Waals surface area contributed by atoms with Crippen molar-refractivity contribution in [3.63, 3.8) is 0 Å². The molecule has 0 radical (unpaired) electrons. The SMILES string of the molecule is COc1ccc2c(c1)C(=O)N(C[C@@]1(c3cc4c(C5=NCCN5)nccc4o3)CC(=O)NC1=O)C2.COc1ccc2c(c1)C(=O)N(C[C@@]1(c3cc4cc(-c5cc(=O)[nH][nH]5)cnc4o3)NC(=O)NC1=O)C2.COc1ccc2c(c1)C(=O)N(C[C@@]1(c3cc4cc(-c5cc(=O)[nH]n5C)cnc4o3)NC(=O)NC1=O)C2.COc1ccc2c(c1)C(=O)N(C[C@@]1(c3cc4cnc(C5=NCCN5)cc4o3)CC(=O)NC1=O)C2. The first kappa shape index (κ1) is 87.5. The van der Waals surface area contributed by atoms with E-state index in [9.17, 15) is 67.1 Å². The highest BCUT2D eigenvalue weighted by atomic mass is 16.5. The maximum Gasteiger partial charge on any atom is 0.322 e. The number of methoxy groups -OCH3 is 4. The number of hydrogen-bond donors (Lipinski definition) is 11. The number of carbonyl (C=O) groups is 12. The first-order chi connectivity index (χ1) is 67.1. The van der Waals surface area contributed by atoms with Crippen LogP contribution in [0.5, 0.6) is 23.0 Å². The molecule has 10 aliphatic heterocycles. The number of fused-ring (bicyclic) bond motifs is 8. The van der Waals surface area contributed by atoms with Gasteiger partial charge in [-0.05, 0) is 113 Å². The minimum Gasteiger partial charge on any atom is -0.497 e. The number of imide groups is 4. The van der Waals surface area contributed by atoms with Crippen LogP contribution < -0.4 is 72.6 Å². The average molecular weight is 1880 g/mol. The number of hydrogen-bond acceptors (Lipinski definition) is 30. The molecular formula is C95H80N22O22. The fourth-order valence-electron chi connectivity index (χ4n) is 19.0. The van der Waals surface area contributed by atoms with Crippen molar-refractivity contribution >= 4 is 127 Å². The summed E-state index contributed by atoms with van der Waals surface area (Å²) in [6.45, 7) is 3.69. The Morgan fingerprint density at radius 1 is 0.403 bits per heavy atom. The predicted octanol–water partition coefficient (Wildman–Crippen LogP) is 4.68. The molecule has 4 saturated heterocycles. The van der Waals surface area contributed by atoms with E-state index < -0.39 is 69.4 Å². The molecule has 44 heteroatoms. The van der Waals surface area contributed by atoms with Gasteiger partial charge in [0.1, 0.15) is 91.1 Å². The van der Waals surface area contributed by atoms with Gasteiger partial charge in [-0.15, -0.1) is 0 Å². The average Bonchev–Trinajstić information content (AvgIpc) is 1.59. The van der Waals surface area contributed by atoms with Crippen LogP contribution in [-0.2, 0) is 83.9 Å². The van der Waals surface area contributed by atoms with Crippen molar-refractivity contribution in [1.29, 1.82) is 0 Å². The van der Waals surface area contributed by atoms with Crippen molar-refractivity contribution in [2.45, 2.75) is 60.9 Å². The van der Waals surface area contributed by atoms with E-state index in [4.69, 9.17) is 36.6 Å². The zero-order chi connectivity index (χ0) is 96.4. The quantitative estimate of drug-likeness (QED) is 0.0364. The largest absolute Gasteiger partial charge is 0.497 e. The lowest BCUT2D eigenvalue weighted by molar-refractivity contribution is -0.128. The van der Waals surface area contributed by atoms with E-state index in [1.807, 2.05) is 12.1 Å². The molecule has 4 aromatic carbocycles. The van der Waals surface area contributed by atoms with Crippen LogP contribution in [0.4, 0.5) is 9.59 Å². The van der Waals surface area contributed by atoms with Crippen molar-refractivity contribution < 1.29 is 94.2 Å². The van der Waals surface area contributed by atoms with Crippen molar-refractivity contribution in [1.82, 2.24) is 102 Å². The van der Waals surface area contributed by atoms with E-state index in [1.54, 1.807) is 164 Å². The highest BCUT2D eigenvalue weighted by Crippen LogP contribution is 2.45. The van der Waals surface area contributed by atoms with Gasteiger partial charge in [0.15, 0.2) is 11.1 Å². The number of H-pyrrole nitrogens is 3. The van der Waals surface area contributed by atoms with Crippen LogP contribution in [0.25, 0.3) is 66.7 Å². The van der Waals surface area contributed by atoms with E-state index in [2.05, 4.69) is 87.8 Å². The summed E-state index contributed by atoms with van der Waals surface area (Å²) in [5.41, 5.74) is 3.97. The van der Waals surface area contributed by atoms with Gasteiger partial charge in [0, 0.05) is 152 Å². The highest BCUT2D eigenvalue weighted by molar-refractivity contribution is 6.14. The number of amidine groups is 2. The molecule has 0 spiro atoms. The molecule has 702 valence electrons. The van der Waals surface area contributed by atoms with Gasteiger partial charge in [0.2, 0.25) is 35.1 Å². The predicted molar refractivity (Wildman–Crippen MR) is 487 cm³/mol. The van der Waals surface area contributed by atoms with Gasteiger partial charge in [0.05, 0.1) is 84.2 Å². The number of benzene rings is 4. The highest BCUT2D eigenvalue weighted by Gasteiger charge is 2.58. The van der Waals surface area contributed by atoms with Gasteiger partial charge in [0.25, 0.3) is 46.6 Å². The van der Waals surface area contributed by atoms with Crippen molar-refractivity contribution in [3.8, 4) is 45.5 Å². The normalized spacial score (nSPS) is 20.4. The number of aliphatic imine (C=N–C) groups is 2. The van der Waals surface area contributed by atoms with Crippen LogP contribution in [-0.4, -0.2) is 223 Å². The number of furan rings is 4. The summed E-state index contributed by atoms with van der Waals surface area (Å²) in [6.07, 6.45) is 6.12. The number of rotatable bonds is 20. The van der Waals surface area contributed by atoms with E-state index in [0.717, 1.165) is 35.3 Å². The Morgan fingerprint density at radius 3 is 1.28 bits per heavy atom. The minimum atomic E-state index is -1.65. The fourth-order valence-corrected chi connectivity index (χ4v) is 19.0. The zero-order valence-electron chi connectivity index (χ0n) is 74.3. The Morgan fingerprint density at radius 2 is 0.856 bits per heavy atom. The molecule has 10 aromatic heterocycles. The van der Waals surface area contributed by atoms with Crippen molar-refractivity contribution in [2.75, 3.05) is 80.8 Å². The molecule has 14 aromatic rings. The van der Waals surface area contributed by atoms with Crippen LogP contribution in [0.1, 0.15) is 111 Å². The molecule has 0 aliphatic carbocycles. The Bertz CT molecular complexity index is 7880. The molecule has 20 heterocycles. The Balaban J connectivity index is 0.000000110. The summed E-state index contributed by atoms with van der Waals surface area (Å²) in [5, 5.41) is 31.3. The second-order valence-corrected chi connectivity index (χ2v) is 34.5. The molecule has 44 nitrogen and oxygen atoms in total. The van der Waals surface area contributed by atoms with Gasteiger partial charge in [-0.1, -0.05) is 24.3 Å². The van der Waals surface area contributed by atoms with Gasteiger partial charge >= 0.3 is 12.1 Å². The molecule has 24 rings (SSSR count). The lowest BCUT2D eigenvalue weighted by atomic mass is 9.82.